The summed E-state index contributed by atoms with van der Waals surface area (Å²) in [5, 5.41) is 0. The minimum absolute atomic E-state index is 0.456. The van der Waals surface area contributed by atoms with Gasteiger partial charge in [0, 0.05) is 15.0 Å². The van der Waals surface area contributed by atoms with Crippen molar-refractivity contribution >= 4 is 40.5 Å². The van der Waals surface area contributed by atoms with Crippen molar-refractivity contribution in [1.29, 1.82) is 0 Å². The molecule has 0 atom stereocenters. The molecule has 0 aromatic heterocycles. The number of hydrogen-bond acceptors (Lipinski definition) is 1. The van der Waals surface area contributed by atoms with Gasteiger partial charge in [-0.15, -0.1) is 11.6 Å². The summed E-state index contributed by atoms with van der Waals surface area (Å²) in [5.74, 6) is 0.456. The molecule has 0 radical (unpaired) electrons. The number of rotatable bonds is 2. The van der Waals surface area contributed by atoms with E-state index in [9.17, 15) is 4.79 Å². The molecule has 58 valence electrons. The molecule has 0 amide bonds. The van der Waals surface area contributed by atoms with Crippen LogP contribution >= 0.6 is 34.2 Å². The summed E-state index contributed by atoms with van der Waals surface area (Å²) in [7, 11) is 0. The molecule has 0 aliphatic rings. The van der Waals surface area contributed by atoms with Gasteiger partial charge in [-0.1, -0.05) is 0 Å². The van der Waals surface area contributed by atoms with Crippen LogP contribution in [0.5, 0.6) is 0 Å². The number of benzene rings is 1. The number of hydrogen-bond donors (Lipinski definition) is 0. The lowest BCUT2D eigenvalue weighted by Gasteiger charge is -1.97. The molecule has 0 heterocycles. The maximum atomic E-state index is 10.4. The Morgan fingerprint density at radius 1 is 1.45 bits per heavy atom. The van der Waals surface area contributed by atoms with Crippen LogP contribution in [-0.4, -0.2) is 6.29 Å². The van der Waals surface area contributed by atoms with Crippen molar-refractivity contribution < 1.29 is 4.79 Å². The van der Waals surface area contributed by atoms with Crippen LogP contribution < -0.4 is 0 Å². The molecule has 0 aliphatic carbocycles. The summed E-state index contributed by atoms with van der Waals surface area (Å²) in [6.07, 6.45) is 0.832. The molecule has 0 saturated heterocycles. The third-order valence-corrected chi connectivity index (χ3v) is 2.20. The maximum Gasteiger partial charge on any atom is 0.150 e. The highest BCUT2D eigenvalue weighted by atomic mass is 127. The van der Waals surface area contributed by atoms with Crippen LogP contribution in [0.1, 0.15) is 15.9 Å². The van der Waals surface area contributed by atoms with Gasteiger partial charge in [0.1, 0.15) is 6.29 Å². The SMILES string of the molecule is O=Cc1cc(I)cc(CCl)c1. The van der Waals surface area contributed by atoms with Crippen molar-refractivity contribution in [3.8, 4) is 0 Å². The quantitative estimate of drug-likeness (QED) is 0.462. The average Bonchev–Trinajstić information content (AvgIpc) is 2.03. The highest BCUT2D eigenvalue weighted by molar-refractivity contribution is 14.1. The monoisotopic (exact) mass is 280 g/mol. The number of carbonyl (C=O) groups excluding carboxylic acids is 1. The Morgan fingerprint density at radius 3 is 2.73 bits per heavy atom. The molecule has 0 spiro atoms. The predicted molar refractivity (Wildman–Crippen MR) is 54.1 cm³/mol. The first-order chi connectivity index (χ1) is 5.26. The van der Waals surface area contributed by atoms with Crippen LogP contribution in [0.3, 0.4) is 0 Å². The number of alkyl halides is 1. The molecule has 0 bridgehead atoms. The molecule has 3 heteroatoms. The third-order valence-electron chi connectivity index (χ3n) is 1.27. The molecule has 1 aromatic rings. The summed E-state index contributed by atoms with van der Waals surface area (Å²) in [6, 6.07) is 5.58. The van der Waals surface area contributed by atoms with Crippen molar-refractivity contribution in [1.82, 2.24) is 0 Å². The van der Waals surface area contributed by atoms with Gasteiger partial charge in [0.15, 0.2) is 0 Å². The highest BCUT2D eigenvalue weighted by Crippen LogP contribution is 2.12. The van der Waals surface area contributed by atoms with Crippen molar-refractivity contribution in [3.05, 3.63) is 32.9 Å². The maximum absolute atomic E-state index is 10.4. The standard InChI is InChI=1S/C8H6ClIO/c9-4-6-1-7(5-11)3-8(10)2-6/h1-3,5H,4H2. The summed E-state index contributed by atoms with van der Waals surface area (Å²) >= 11 is 7.77. The first kappa shape index (κ1) is 9.00. The third kappa shape index (κ3) is 2.45. The Kier molecular flexibility index (Phi) is 3.33. The van der Waals surface area contributed by atoms with E-state index in [1.807, 2.05) is 12.1 Å². The van der Waals surface area contributed by atoms with Crippen molar-refractivity contribution in [3.63, 3.8) is 0 Å². The zero-order valence-electron chi connectivity index (χ0n) is 5.68. The van der Waals surface area contributed by atoms with Crippen LogP contribution in [-0.2, 0) is 5.88 Å². The van der Waals surface area contributed by atoms with Gasteiger partial charge in [0.25, 0.3) is 0 Å². The van der Waals surface area contributed by atoms with Crippen molar-refractivity contribution in [2.45, 2.75) is 5.88 Å². The fourth-order valence-electron chi connectivity index (χ4n) is 0.821. The van der Waals surface area contributed by atoms with Crippen LogP contribution in [0.2, 0.25) is 0 Å². The number of aldehydes is 1. The molecule has 0 aliphatic heterocycles. The molecule has 1 nitrogen and oxygen atoms in total. The van der Waals surface area contributed by atoms with Gasteiger partial charge in [-0.3, -0.25) is 4.79 Å². The minimum atomic E-state index is 0.456. The molecular formula is C8H6ClIO. The predicted octanol–water partition coefficient (Wildman–Crippen LogP) is 2.84. The molecule has 0 fully saturated rings. The zero-order chi connectivity index (χ0) is 8.27. The Morgan fingerprint density at radius 2 is 2.18 bits per heavy atom. The molecular weight excluding hydrogens is 274 g/mol. The first-order valence-electron chi connectivity index (χ1n) is 3.07. The van der Waals surface area contributed by atoms with E-state index in [1.54, 1.807) is 6.07 Å². The molecule has 0 saturated carbocycles. The topological polar surface area (TPSA) is 17.1 Å². The van der Waals surface area contributed by atoms with Crippen molar-refractivity contribution in [2.24, 2.45) is 0 Å². The highest BCUT2D eigenvalue weighted by Gasteiger charge is 1.96. The second kappa shape index (κ2) is 4.07. The summed E-state index contributed by atoms with van der Waals surface area (Å²) in [4.78, 5) is 10.4. The van der Waals surface area contributed by atoms with E-state index in [2.05, 4.69) is 22.6 Å². The molecule has 0 unspecified atom stereocenters. The Bertz CT molecular complexity index is 273. The Labute approximate surface area is 83.9 Å². The van der Waals surface area contributed by atoms with E-state index in [0.717, 1.165) is 15.4 Å². The van der Waals surface area contributed by atoms with E-state index in [4.69, 9.17) is 11.6 Å². The fourth-order valence-corrected chi connectivity index (χ4v) is 1.73. The van der Waals surface area contributed by atoms with Crippen LogP contribution in [0, 0.1) is 3.57 Å². The van der Waals surface area contributed by atoms with E-state index in [-0.39, 0.29) is 0 Å². The van der Waals surface area contributed by atoms with E-state index in [1.165, 1.54) is 0 Å². The van der Waals surface area contributed by atoms with Gasteiger partial charge >= 0.3 is 0 Å². The van der Waals surface area contributed by atoms with Crippen LogP contribution in [0.15, 0.2) is 18.2 Å². The van der Waals surface area contributed by atoms with E-state index in [0.29, 0.717) is 11.4 Å². The lowest BCUT2D eigenvalue weighted by molar-refractivity contribution is 0.112. The second-order valence-corrected chi connectivity index (χ2v) is 3.66. The van der Waals surface area contributed by atoms with Gasteiger partial charge in [0.2, 0.25) is 0 Å². The lowest BCUT2D eigenvalue weighted by atomic mass is 10.2. The first-order valence-corrected chi connectivity index (χ1v) is 4.68. The van der Waals surface area contributed by atoms with Crippen molar-refractivity contribution in [2.75, 3.05) is 0 Å². The van der Waals surface area contributed by atoms with E-state index < -0.39 is 0 Å². The van der Waals surface area contributed by atoms with Crippen LogP contribution in [0.4, 0.5) is 0 Å². The summed E-state index contributed by atoms with van der Waals surface area (Å²) in [5.41, 5.74) is 1.67. The smallest absolute Gasteiger partial charge is 0.150 e. The van der Waals surface area contributed by atoms with Gasteiger partial charge in [-0.2, -0.15) is 0 Å². The molecule has 1 rings (SSSR count). The van der Waals surface area contributed by atoms with Gasteiger partial charge in [-0.25, -0.2) is 0 Å². The Balaban J connectivity index is 3.11. The molecule has 0 N–H and O–H groups in total. The fraction of sp³-hybridized carbons (Fsp3) is 0.125. The average molecular weight is 280 g/mol. The normalized spacial score (nSPS) is 9.64. The Hall–Kier alpha value is -0.0900. The summed E-state index contributed by atoms with van der Waals surface area (Å²) < 4.78 is 1.04. The van der Waals surface area contributed by atoms with E-state index >= 15 is 0 Å². The van der Waals surface area contributed by atoms with Gasteiger partial charge in [0.05, 0.1) is 0 Å². The van der Waals surface area contributed by atoms with Crippen LogP contribution in [0.25, 0.3) is 0 Å². The zero-order valence-corrected chi connectivity index (χ0v) is 8.59. The van der Waals surface area contributed by atoms with Gasteiger partial charge in [-0.05, 0) is 46.4 Å². The number of halogens is 2. The minimum Gasteiger partial charge on any atom is -0.298 e. The van der Waals surface area contributed by atoms with Gasteiger partial charge < -0.3 is 0 Å². The molecule has 11 heavy (non-hydrogen) atoms. The summed E-state index contributed by atoms with van der Waals surface area (Å²) in [6.45, 7) is 0. The second-order valence-electron chi connectivity index (χ2n) is 2.14. The lowest BCUT2D eigenvalue weighted by Crippen LogP contribution is -1.85. The molecule has 1 aromatic carbocycles. The number of carbonyl (C=O) groups is 1. The largest absolute Gasteiger partial charge is 0.298 e.